The summed E-state index contributed by atoms with van der Waals surface area (Å²) in [6.07, 6.45) is 0. The highest BCUT2D eigenvalue weighted by atomic mass is 16.8. The molecule has 0 saturated heterocycles. The summed E-state index contributed by atoms with van der Waals surface area (Å²) in [4.78, 5) is 34.4. The van der Waals surface area contributed by atoms with Crippen LogP contribution in [0.3, 0.4) is 0 Å². The Morgan fingerprint density at radius 3 is 1.48 bits per heavy atom. The Morgan fingerprint density at radius 1 is 0.857 bits per heavy atom. The molecule has 0 aliphatic heterocycles. The topological polar surface area (TPSA) is 105 Å². The van der Waals surface area contributed by atoms with Crippen molar-refractivity contribution >= 4 is 17.9 Å². The van der Waals surface area contributed by atoms with Gasteiger partial charge in [0.15, 0.2) is 6.61 Å². The predicted octanol–water partition coefficient (Wildman–Crippen LogP) is 0.957. The minimum Gasteiger partial charge on any atom is -0.452 e. The molecule has 7 heteroatoms. The molecule has 0 aliphatic rings. The van der Waals surface area contributed by atoms with E-state index in [0.29, 0.717) is 0 Å². The molecule has 0 aromatic carbocycles. The lowest BCUT2D eigenvalue weighted by Gasteiger charge is -2.28. The standard InChI is InChI=1S/C14H19NO6/c1-8(2)11(16)19-7-14(15,20-12(17)9(3)4)21-13(18)10(5)6/h1,3,5,7,15H2,2,4,6H3. The summed E-state index contributed by atoms with van der Waals surface area (Å²) in [5, 5.41) is 0. The predicted molar refractivity (Wildman–Crippen MR) is 74.5 cm³/mol. The molecule has 0 atom stereocenters. The zero-order chi connectivity index (χ0) is 16.8. The molecule has 0 rings (SSSR count). The quantitative estimate of drug-likeness (QED) is 0.424. The number of ether oxygens (including phenoxy) is 3. The van der Waals surface area contributed by atoms with E-state index in [1.54, 1.807) is 0 Å². The van der Waals surface area contributed by atoms with E-state index in [9.17, 15) is 14.4 Å². The van der Waals surface area contributed by atoms with Gasteiger partial charge in [0.1, 0.15) is 0 Å². The van der Waals surface area contributed by atoms with Crippen molar-refractivity contribution in [3.63, 3.8) is 0 Å². The molecule has 0 heterocycles. The van der Waals surface area contributed by atoms with Gasteiger partial charge in [-0.2, -0.15) is 0 Å². The molecule has 0 aromatic rings. The molecule has 0 bridgehead atoms. The van der Waals surface area contributed by atoms with Gasteiger partial charge in [0.2, 0.25) is 0 Å². The summed E-state index contributed by atoms with van der Waals surface area (Å²) in [6.45, 7) is 13.6. The van der Waals surface area contributed by atoms with E-state index < -0.39 is 30.4 Å². The normalized spacial score (nSPS) is 10.3. The Kier molecular flexibility index (Phi) is 6.54. The van der Waals surface area contributed by atoms with E-state index in [0.717, 1.165) is 0 Å². The third-order valence-corrected chi connectivity index (χ3v) is 1.98. The van der Waals surface area contributed by atoms with Gasteiger partial charge in [-0.05, 0) is 20.8 Å². The summed E-state index contributed by atoms with van der Waals surface area (Å²) in [5.74, 6) is -4.86. The second kappa shape index (κ2) is 7.39. The highest BCUT2D eigenvalue weighted by Crippen LogP contribution is 2.13. The van der Waals surface area contributed by atoms with Crippen molar-refractivity contribution in [2.75, 3.05) is 6.61 Å². The largest absolute Gasteiger partial charge is 0.452 e. The molecule has 21 heavy (non-hydrogen) atoms. The van der Waals surface area contributed by atoms with Gasteiger partial charge in [0.05, 0.1) is 0 Å². The van der Waals surface area contributed by atoms with Gasteiger partial charge >= 0.3 is 23.8 Å². The van der Waals surface area contributed by atoms with Crippen LogP contribution in [-0.4, -0.2) is 30.4 Å². The van der Waals surface area contributed by atoms with Crippen molar-refractivity contribution in [2.24, 2.45) is 5.73 Å². The fraction of sp³-hybridized carbons (Fsp3) is 0.357. The van der Waals surface area contributed by atoms with Gasteiger partial charge in [0, 0.05) is 16.7 Å². The molecule has 0 aliphatic carbocycles. The van der Waals surface area contributed by atoms with Crippen LogP contribution in [0.4, 0.5) is 0 Å². The molecule has 0 aromatic heterocycles. The SMILES string of the molecule is C=C(C)C(=O)OCC(N)(OC(=O)C(=C)C)OC(=O)C(=C)C. The first kappa shape index (κ1) is 18.6. The number of esters is 3. The molecule has 0 radical (unpaired) electrons. The fourth-order valence-electron chi connectivity index (χ4n) is 0.857. The molecular formula is C14H19NO6. The van der Waals surface area contributed by atoms with Gasteiger partial charge in [-0.1, -0.05) is 19.7 Å². The molecular weight excluding hydrogens is 278 g/mol. The van der Waals surface area contributed by atoms with Crippen molar-refractivity contribution in [1.82, 2.24) is 0 Å². The summed E-state index contributed by atoms with van der Waals surface area (Å²) < 4.78 is 14.3. The molecule has 0 amide bonds. The first-order valence-corrected chi connectivity index (χ1v) is 5.87. The first-order valence-electron chi connectivity index (χ1n) is 5.87. The molecule has 0 unspecified atom stereocenters. The maximum Gasteiger partial charge on any atom is 0.351 e. The van der Waals surface area contributed by atoms with Crippen LogP contribution >= 0.6 is 0 Å². The van der Waals surface area contributed by atoms with Crippen molar-refractivity contribution in [1.29, 1.82) is 0 Å². The third kappa shape index (κ3) is 6.53. The number of carbonyl (C=O) groups excluding carboxylic acids is 3. The minimum absolute atomic E-state index is 0.0300. The average Bonchev–Trinajstić information content (AvgIpc) is 2.35. The van der Waals surface area contributed by atoms with Crippen LogP contribution in [-0.2, 0) is 28.6 Å². The van der Waals surface area contributed by atoms with Crippen LogP contribution in [0.1, 0.15) is 20.8 Å². The van der Waals surface area contributed by atoms with Crippen LogP contribution in [0.15, 0.2) is 36.5 Å². The number of hydrogen-bond acceptors (Lipinski definition) is 7. The highest BCUT2D eigenvalue weighted by Gasteiger charge is 2.37. The van der Waals surface area contributed by atoms with Crippen LogP contribution in [0.25, 0.3) is 0 Å². The summed E-state index contributed by atoms with van der Waals surface area (Å²) in [7, 11) is 0. The summed E-state index contributed by atoms with van der Waals surface area (Å²) in [6, 6.07) is 0. The van der Waals surface area contributed by atoms with Crippen LogP contribution in [0, 0.1) is 0 Å². The molecule has 0 saturated carbocycles. The Bertz CT molecular complexity index is 478. The monoisotopic (exact) mass is 297 g/mol. The lowest BCUT2D eigenvalue weighted by Crippen LogP contribution is -2.53. The Labute approximate surface area is 123 Å². The van der Waals surface area contributed by atoms with Crippen molar-refractivity contribution < 1.29 is 28.6 Å². The van der Waals surface area contributed by atoms with E-state index in [1.807, 2.05) is 0 Å². The van der Waals surface area contributed by atoms with Crippen LogP contribution in [0.5, 0.6) is 0 Å². The number of hydrogen-bond donors (Lipinski definition) is 1. The van der Waals surface area contributed by atoms with Gasteiger partial charge in [-0.25, -0.2) is 14.4 Å². The van der Waals surface area contributed by atoms with Crippen LogP contribution in [0.2, 0.25) is 0 Å². The van der Waals surface area contributed by atoms with Crippen LogP contribution < -0.4 is 5.73 Å². The second-order valence-corrected chi connectivity index (χ2v) is 4.51. The lowest BCUT2D eigenvalue weighted by molar-refractivity contribution is -0.237. The minimum atomic E-state index is -2.28. The van der Waals surface area contributed by atoms with E-state index >= 15 is 0 Å². The molecule has 0 fully saturated rings. The molecule has 2 N–H and O–H groups in total. The zero-order valence-electron chi connectivity index (χ0n) is 12.4. The fourth-order valence-corrected chi connectivity index (χ4v) is 0.857. The summed E-state index contributed by atoms with van der Waals surface area (Å²) in [5.41, 5.74) is 5.82. The number of rotatable bonds is 7. The van der Waals surface area contributed by atoms with E-state index in [2.05, 4.69) is 19.7 Å². The van der Waals surface area contributed by atoms with Gasteiger partial charge in [0.25, 0.3) is 0 Å². The molecule has 116 valence electrons. The van der Waals surface area contributed by atoms with Gasteiger partial charge < -0.3 is 14.2 Å². The Morgan fingerprint density at radius 2 is 1.19 bits per heavy atom. The van der Waals surface area contributed by atoms with Crippen molar-refractivity contribution in [2.45, 2.75) is 26.7 Å². The average molecular weight is 297 g/mol. The maximum absolute atomic E-state index is 11.5. The smallest absolute Gasteiger partial charge is 0.351 e. The zero-order valence-corrected chi connectivity index (χ0v) is 12.4. The Hall–Kier alpha value is -2.41. The number of nitrogens with two attached hydrogens (primary N) is 1. The third-order valence-electron chi connectivity index (χ3n) is 1.98. The van der Waals surface area contributed by atoms with E-state index in [-0.39, 0.29) is 16.7 Å². The molecule has 7 nitrogen and oxygen atoms in total. The van der Waals surface area contributed by atoms with Gasteiger partial charge in [-0.3, -0.25) is 5.73 Å². The Balaban J connectivity index is 5.06. The highest BCUT2D eigenvalue weighted by molar-refractivity contribution is 5.89. The first-order chi connectivity index (χ1) is 9.48. The van der Waals surface area contributed by atoms with E-state index in [1.165, 1.54) is 20.8 Å². The van der Waals surface area contributed by atoms with E-state index in [4.69, 9.17) is 19.9 Å². The van der Waals surface area contributed by atoms with Crippen molar-refractivity contribution in [3.8, 4) is 0 Å². The molecule has 0 spiro atoms. The number of carbonyl (C=O) groups is 3. The van der Waals surface area contributed by atoms with Gasteiger partial charge in [-0.15, -0.1) is 0 Å². The van der Waals surface area contributed by atoms with Crippen molar-refractivity contribution in [3.05, 3.63) is 36.5 Å². The maximum atomic E-state index is 11.5. The second-order valence-electron chi connectivity index (χ2n) is 4.51. The summed E-state index contributed by atoms with van der Waals surface area (Å²) >= 11 is 0. The lowest BCUT2D eigenvalue weighted by atomic mass is 10.3.